The molecule has 2 fully saturated rings. The number of allylic oxidation sites excluding steroid dienone is 1. The van der Waals surface area contributed by atoms with Crippen LogP contribution in [-0.2, 0) is 29.1 Å². The van der Waals surface area contributed by atoms with Gasteiger partial charge in [0.1, 0.15) is 51.2 Å². The number of ether oxygens (including phenoxy) is 3. The predicted octanol–water partition coefficient (Wildman–Crippen LogP) is 6.91. The van der Waals surface area contributed by atoms with Gasteiger partial charge in [0.25, 0.3) is 10.0 Å². The maximum Gasteiger partial charge on any atom is 0.408 e. The van der Waals surface area contributed by atoms with Gasteiger partial charge in [-0.2, -0.15) is 4.31 Å². The van der Waals surface area contributed by atoms with E-state index in [4.69, 9.17) is 24.2 Å². The lowest BCUT2D eigenvalue weighted by Crippen LogP contribution is -2.56. The van der Waals surface area contributed by atoms with Crippen LogP contribution in [-0.4, -0.2) is 120 Å². The van der Waals surface area contributed by atoms with Crippen LogP contribution in [0.5, 0.6) is 11.5 Å². The molecule has 2 aliphatic heterocycles. The highest BCUT2D eigenvalue weighted by Crippen LogP contribution is 2.46. The summed E-state index contributed by atoms with van der Waals surface area (Å²) < 4.78 is 46.2. The van der Waals surface area contributed by atoms with Crippen molar-refractivity contribution in [3.8, 4) is 22.9 Å². The number of sulfonamides is 1. The number of likely N-dealkylation sites (N-methyl/N-ethyl adjacent to an activating group) is 1. The van der Waals surface area contributed by atoms with E-state index in [1.165, 1.54) is 29.4 Å². The zero-order valence-electron chi connectivity index (χ0n) is 38.2. The third-order valence-electron chi connectivity index (χ3n) is 12.2. The number of thiophene rings is 1. The summed E-state index contributed by atoms with van der Waals surface area (Å²) in [5, 5.41) is 24.2. The van der Waals surface area contributed by atoms with E-state index in [9.17, 15) is 32.7 Å². The summed E-state index contributed by atoms with van der Waals surface area (Å²) in [7, 11) is -0.881. The number of benzene rings is 1. The van der Waals surface area contributed by atoms with Crippen molar-refractivity contribution in [2.24, 2.45) is 11.3 Å². The number of carboxylic acids is 1. The normalized spacial score (nSPS) is 23.8. The molecule has 1 saturated carbocycles. The Morgan fingerprint density at radius 1 is 1.09 bits per heavy atom. The fraction of sp³-hybridized carbons (Fsp3) is 0.522. The second-order valence-electron chi connectivity index (χ2n) is 18.5. The molecular weight excluding hydrogens is 907 g/mol. The van der Waals surface area contributed by atoms with Gasteiger partial charge in [0.05, 0.1) is 31.4 Å². The zero-order chi connectivity index (χ0) is 47.6. The van der Waals surface area contributed by atoms with Crippen molar-refractivity contribution in [2.45, 2.75) is 120 Å². The first-order valence-electron chi connectivity index (χ1n) is 22.2. The van der Waals surface area contributed by atoms with Crippen LogP contribution in [0.25, 0.3) is 22.3 Å². The Labute approximate surface area is 393 Å². The number of hydrogen-bond donors (Lipinski definition) is 4. The molecule has 3 aliphatic rings. The second-order valence-corrected chi connectivity index (χ2v) is 22.6. The summed E-state index contributed by atoms with van der Waals surface area (Å²) in [6, 6.07) is 8.17. The minimum absolute atomic E-state index is 0.0105. The number of aromatic nitrogens is 2. The molecule has 1 aliphatic carbocycles. The SMILES string of the molecule is COc1ccc2c(O[C@@H]3C[C@H]4C(=O)N[C@]5(C(=O)O)CC5/C=C\CCCCC[C@H](NC(=O)O[C@H](CN(C)S(=O)(=O)c5cccs5)C(C)(C)C)C(=O)N4C3)cc(-c3csc(NC(C)C)n3)nc2c1. The number of carbonyl (C=O) groups is 4. The van der Waals surface area contributed by atoms with Gasteiger partial charge in [-0.3, -0.25) is 9.59 Å². The Morgan fingerprint density at radius 3 is 2.58 bits per heavy atom. The lowest BCUT2D eigenvalue weighted by atomic mass is 9.89. The molecule has 1 saturated heterocycles. The number of thiazole rings is 1. The zero-order valence-corrected chi connectivity index (χ0v) is 40.7. The van der Waals surface area contributed by atoms with Crippen LogP contribution in [0.3, 0.4) is 0 Å². The molecule has 0 radical (unpaired) electrons. The predicted molar refractivity (Wildman–Crippen MR) is 252 cm³/mol. The third-order valence-corrected chi connectivity index (χ3v) is 16.1. The van der Waals surface area contributed by atoms with Crippen LogP contribution >= 0.6 is 22.7 Å². The minimum atomic E-state index is -3.87. The monoisotopic (exact) mass is 965 g/mol. The Morgan fingerprint density at radius 2 is 1.88 bits per heavy atom. The van der Waals surface area contributed by atoms with Gasteiger partial charge in [-0.15, -0.1) is 22.7 Å². The van der Waals surface area contributed by atoms with Crippen molar-refractivity contribution >= 4 is 72.6 Å². The second kappa shape index (κ2) is 19.9. The Balaban J connectivity index is 1.18. The molecule has 20 heteroatoms. The first kappa shape index (κ1) is 48.6. The quantitative estimate of drug-likeness (QED) is 0.100. The van der Waals surface area contributed by atoms with E-state index in [2.05, 4.69) is 16.0 Å². The average Bonchev–Trinajstić information content (AvgIpc) is 3.73. The fourth-order valence-electron chi connectivity index (χ4n) is 8.25. The number of methoxy groups -OCH3 is 1. The van der Waals surface area contributed by atoms with Crippen LogP contribution in [0.4, 0.5) is 9.93 Å². The molecule has 3 aromatic heterocycles. The number of amides is 3. The molecule has 4 N–H and O–H groups in total. The highest BCUT2D eigenvalue weighted by atomic mass is 32.2. The summed E-state index contributed by atoms with van der Waals surface area (Å²) in [5.41, 5.74) is -0.528. The number of rotatable bonds is 13. The average molecular weight is 966 g/mol. The lowest BCUT2D eigenvalue weighted by Gasteiger charge is -2.34. The maximum absolute atomic E-state index is 14.9. The maximum atomic E-state index is 14.9. The van der Waals surface area contributed by atoms with Crippen molar-refractivity contribution in [3.05, 3.63) is 59.3 Å². The molecule has 0 bridgehead atoms. The van der Waals surface area contributed by atoms with E-state index in [0.29, 0.717) is 53.1 Å². The molecule has 4 aromatic rings. The molecular formula is C46H59N7O10S3. The molecule has 6 atom stereocenters. The molecule has 5 heterocycles. The van der Waals surface area contributed by atoms with Crippen molar-refractivity contribution in [2.75, 3.05) is 32.6 Å². The number of nitrogens with zero attached hydrogens (tertiary/aromatic N) is 4. The van der Waals surface area contributed by atoms with Gasteiger partial charge in [-0.1, -0.05) is 51.8 Å². The van der Waals surface area contributed by atoms with Crippen LogP contribution in [0.1, 0.15) is 79.6 Å². The van der Waals surface area contributed by atoms with Crippen molar-refractivity contribution < 1.29 is 46.9 Å². The smallest absolute Gasteiger partial charge is 0.408 e. The summed E-state index contributed by atoms with van der Waals surface area (Å²) in [6.45, 7) is 9.29. The number of alkyl carbamates (subject to hydrolysis) is 1. The van der Waals surface area contributed by atoms with E-state index in [1.807, 2.05) is 58.2 Å². The van der Waals surface area contributed by atoms with Gasteiger partial charge in [-0.05, 0) is 63.1 Å². The lowest BCUT2D eigenvalue weighted by molar-refractivity contribution is -0.145. The number of nitrogens with one attached hydrogen (secondary N) is 3. The van der Waals surface area contributed by atoms with Crippen molar-refractivity contribution in [1.29, 1.82) is 0 Å². The molecule has 17 nitrogen and oxygen atoms in total. The number of carbonyl (C=O) groups excluding carboxylic acids is 3. The summed E-state index contributed by atoms with van der Waals surface area (Å²) in [5.74, 6) is -1.79. The molecule has 356 valence electrons. The van der Waals surface area contributed by atoms with Gasteiger partial charge in [-0.25, -0.2) is 28.0 Å². The highest BCUT2D eigenvalue weighted by molar-refractivity contribution is 7.91. The fourth-order valence-corrected chi connectivity index (χ4v) is 11.5. The van der Waals surface area contributed by atoms with Gasteiger partial charge < -0.3 is 40.2 Å². The number of carboxylic acid groups (broad SMARTS) is 1. The molecule has 0 spiro atoms. The van der Waals surface area contributed by atoms with E-state index >= 15 is 0 Å². The standard InChI is InChI=1S/C46H59N7O10S3/c1-27(2)47-43-49-35(26-65-43)34-22-37(31-18-17-29(61-7)20-33(31)48-34)62-30-21-36-40(54)51-46(42(56)57)23-28(46)14-11-9-8-10-12-15-32(41(55)53(36)24-30)50-44(58)63-38(45(3,4)5)25-52(6)66(59,60)39-16-13-19-64-39/h11,13-14,16-20,22,26-28,30,32,36,38H,8-10,12,15,21,23-25H2,1-7H3,(H,47,49)(H,50,58)(H,51,54)(H,56,57)/b14-11-/t28?,30-,32+,36+,38-,46-/m1/s1. The third kappa shape index (κ3) is 10.9. The number of fused-ring (bicyclic) bond motifs is 3. The van der Waals surface area contributed by atoms with Crippen LogP contribution in [0, 0.1) is 11.3 Å². The largest absolute Gasteiger partial charge is 0.497 e. The minimum Gasteiger partial charge on any atom is -0.497 e. The number of pyridine rings is 1. The molecule has 7 rings (SSSR count). The van der Waals surface area contributed by atoms with Crippen LogP contribution < -0.4 is 25.4 Å². The molecule has 1 aromatic carbocycles. The van der Waals surface area contributed by atoms with Gasteiger partial charge >= 0.3 is 12.1 Å². The van der Waals surface area contributed by atoms with Gasteiger partial charge in [0, 0.05) is 53.7 Å². The van der Waals surface area contributed by atoms with E-state index in [-0.39, 0.29) is 42.6 Å². The molecule has 66 heavy (non-hydrogen) atoms. The summed E-state index contributed by atoms with van der Waals surface area (Å²) in [4.78, 5) is 67.0. The van der Waals surface area contributed by atoms with Gasteiger partial charge in [0.2, 0.25) is 11.8 Å². The van der Waals surface area contributed by atoms with Crippen molar-refractivity contribution in [1.82, 2.24) is 29.8 Å². The Hall–Kier alpha value is -5.31. The van der Waals surface area contributed by atoms with Crippen molar-refractivity contribution in [3.63, 3.8) is 0 Å². The summed E-state index contributed by atoms with van der Waals surface area (Å²) in [6.07, 6.45) is 4.29. The number of hydrogen-bond acceptors (Lipinski definition) is 14. The first-order chi connectivity index (χ1) is 31.3. The van der Waals surface area contributed by atoms with E-state index in [1.54, 1.807) is 36.8 Å². The molecule has 3 amide bonds. The summed E-state index contributed by atoms with van der Waals surface area (Å²) >= 11 is 2.53. The van der Waals surface area contributed by atoms with E-state index in [0.717, 1.165) is 27.2 Å². The Kier molecular flexibility index (Phi) is 14.6. The van der Waals surface area contributed by atoms with Crippen LogP contribution in [0.15, 0.2) is 63.5 Å². The van der Waals surface area contributed by atoms with Gasteiger partial charge in [0.15, 0.2) is 5.13 Å². The topological polar surface area (TPSA) is 219 Å². The number of anilines is 1. The van der Waals surface area contributed by atoms with E-state index < -0.39 is 75.1 Å². The highest BCUT2D eigenvalue weighted by Gasteiger charge is 2.61. The van der Waals surface area contributed by atoms with Crippen LogP contribution in [0.2, 0.25) is 0 Å². The number of aliphatic carboxylic acids is 1. The molecule has 1 unspecified atom stereocenters. The Bertz CT molecular complexity index is 2560. The first-order valence-corrected chi connectivity index (χ1v) is 25.4.